The molecule has 4 rings (SSSR count). The number of hydrogen-bond donors (Lipinski definition) is 0. The van der Waals surface area contributed by atoms with Gasteiger partial charge in [-0.3, -0.25) is 4.79 Å². The van der Waals surface area contributed by atoms with Gasteiger partial charge in [-0.1, -0.05) is 18.2 Å². The number of hydrogen-bond acceptors (Lipinski definition) is 2. The molecule has 0 aliphatic heterocycles. The maximum atomic E-state index is 14.0. The largest absolute Gasteiger partial charge is 0.435 e. The molecule has 0 bridgehead atoms. The van der Waals surface area contributed by atoms with Crippen molar-refractivity contribution in [1.82, 2.24) is 14.7 Å². The molecule has 0 saturated heterocycles. The van der Waals surface area contributed by atoms with Gasteiger partial charge in [-0.25, -0.2) is 9.07 Å². The third kappa shape index (κ3) is 4.16. The maximum Gasteiger partial charge on any atom is 0.435 e. The van der Waals surface area contributed by atoms with Crippen LogP contribution < -0.4 is 0 Å². The SMILES string of the molecule is O=C(c1ccc(-n2ccc(C(F)(F)F)n2)cc1)N(Cc1ccccc1F)C1CC1. The lowest BCUT2D eigenvalue weighted by Crippen LogP contribution is -2.32. The van der Waals surface area contributed by atoms with E-state index in [1.165, 1.54) is 24.4 Å². The first-order valence-corrected chi connectivity index (χ1v) is 9.10. The zero-order chi connectivity index (χ0) is 20.6. The van der Waals surface area contributed by atoms with Gasteiger partial charge in [0, 0.05) is 29.9 Å². The van der Waals surface area contributed by atoms with Crippen LogP contribution in [0.4, 0.5) is 17.6 Å². The molecule has 3 aromatic rings. The first-order valence-electron chi connectivity index (χ1n) is 9.10. The van der Waals surface area contributed by atoms with Crippen molar-refractivity contribution in [2.24, 2.45) is 0 Å². The minimum Gasteiger partial charge on any atom is -0.331 e. The van der Waals surface area contributed by atoms with Crippen molar-refractivity contribution in [1.29, 1.82) is 0 Å². The first-order chi connectivity index (χ1) is 13.8. The van der Waals surface area contributed by atoms with E-state index in [0.717, 1.165) is 23.6 Å². The predicted octanol–water partition coefficient (Wildman–Crippen LogP) is 4.84. The maximum absolute atomic E-state index is 14.0. The second-order valence-electron chi connectivity index (χ2n) is 6.95. The third-order valence-corrected chi connectivity index (χ3v) is 4.81. The zero-order valence-corrected chi connectivity index (χ0v) is 15.2. The van der Waals surface area contributed by atoms with Gasteiger partial charge >= 0.3 is 6.18 Å². The molecule has 1 aliphatic rings. The predicted molar refractivity (Wildman–Crippen MR) is 97.9 cm³/mol. The molecule has 1 saturated carbocycles. The lowest BCUT2D eigenvalue weighted by Gasteiger charge is -2.23. The smallest absolute Gasteiger partial charge is 0.331 e. The van der Waals surface area contributed by atoms with Crippen LogP contribution in [-0.4, -0.2) is 26.6 Å². The van der Waals surface area contributed by atoms with E-state index < -0.39 is 11.9 Å². The van der Waals surface area contributed by atoms with Crippen LogP contribution in [0.1, 0.15) is 34.5 Å². The summed E-state index contributed by atoms with van der Waals surface area (Å²) in [7, 11) is 0. The van der Waals surface area contributed by atoms with Crippen LogP contribution in [0, 0.1) is 5.82 Å². The summed E-state index contributed by atoms with van der Waals surface area (Å²) in [5.74, 6) is -0.598. The average molecular weight is 403 g/mol. The van der Waals surface area contributed by atoms with Crippen LogP contribution in [0.25, 0.3) is 5.69 Å². The molecule has 150 valence electrons. The van der Waals surface area contributed by atoms with E-state index in [4.69, 9.17) is 0 Å². The number of rotatable bonds is 5. The first kappa shape index (κ1) is 19.2. The lowest BCUT2D eigenvalue weighted by atomic mass is 10.1. The molecule has 1 aliphatic carbocycles. The summed E-state index contributed by atoms with van der Waals surface area (Å²) in [6.45, 7) is 0.173. The van der Waals surface area contributed by atoms with Gasteiger partial charge in [-0.2, -0.15) is 18.3 Å². The van der Waals surface area contributed by atoms with E-state index in [-0.39, 0.29) is 24.3 Å². The fourth-order valence-electron chi connectivity index (χ4n) is 3.10. The molecular weight excluding hydrogens is 386 g/mol. The summed E-state index contributed by atoms with van der Waals surface area (Å²) in [6.07, 6.45) is -1.56. The van der Waals surface area contributed by atoms with E-state index in [1.807, 2.05) is 0 Å². The lowest BCUT2D eigenvalue weighted by molar-refractivity contribution is -0.141. The van der Waals surface area contributed by atoms with Gasteiger partial charge in [0.1, 0.15) is 5.82 Å². The van der Waals surface area contributed by atoms with Crippen molar-refractivity contribution in [3.63, 3.8) is 0 Å². The normalized spacial score (nSPS) is 14.1. The fourth-order valence-corrected chi connectivity index (χ4v) is 3.10. The van der Waals surface area contributed by atoms with Gasteiger partial charge < -0.3 is 4.90 Å². The van der Waals surface area contributed by atoms with Crippen molar-refractivity contribution in [3.05, 3.63) is 83.4 Å². The van der Waals surface area contributed by atoms with E-state index in [1.54, 1.807) is 35.2 Å². The summed E-state index contributed by atoms with van der Waals surface area (Å²) < 4.78 is 53.2. The Hall–Kier alpha value is -3.16. The molecule has 4 nitrogen and oxygen atoms in total. The van der Waals surface area contributed by atoms with Gasteiger partial charge in [0.25, 0.3) is 5.91 Å². The van der Waals surface area contributed by atoms with Gasteiger partial charge in [0.2, 0.25) is 0 Å². The van der Waals surface area contributed by atoms with Gasteiger partial charge in [-0.05, 0) is 49.2 Å². The summed E-state index contributed by atoms with van der Waals surface area (Å²) in [6, 6.07) is 13.5. The molecule has 1 aromatic heterocycles. The van der Waals surface area contributed by atoms with Gasteiger partial charge in [-0.15, -0.1) is 0 Å². The van der Waals surface area contributed by atoms with Crippen molar-refractivity contribution in [2.45, 2.75) is 31.6 Å². The Morgan fingerprint density at radius 2 is 1.76 bits per heavy atom. The number of nitrogens with zero attached hydrogens (tertiary/aromatic N) is 3. The van der Waals surface area contributed by atoms with Crippen LogP contribution in [0.2, 0.25) is 0 Å². The van der Waals surface area contributed by atoms with Crippen LogP contribution in [0.5, 0.6) is 0 Å². The Morgan fingerprint density at radius 1 is 1.07 bits per heavy atom. The number of carbonyl (C=O) groups is 1. The molecular formula is C21H17F4N3O. The highest BCUT2D eigenvalue weighted by molar-refractivity contribution is 5.94. The van der Waals surface area contributed by atoms with Crippen molar-refractivity contribution in [3.8, 4) is 5.69 Å². The molecule has 0 N–H and O–H groups in total. The molecule has 29 heavy (non-hydrogen) atoms. The highest BCUT2D eigenvalue weighted by Crippen LogP contribution is 2.31. The summed E-state index contributed by atoms with van der Waals surface area (Å²) in [5.41, 5.74) is 0.257. The van der Waals surface area contributed by atoms with Crippen LogP contribution >= 0.6 is 0 Å². The van der Waals surface area contributed by atoms with E-state index in [9.17, 15) is 22.4 Å². The van der Waals surface area contributed by atoms with E-state index in [2.05, 4.69) is 5.10 Å². The Kier molecular flexibility index (Phi) is 4.86. The monoisotopic (exact) mass is 403 g/mol. The second-order valence-corrected chi connectivity index (χ2v) is 6.95. The summed E-state index contributed by atoms with van der Waals surface area (Å²) in [4.78, 5) is 14.6. The minimum absolute atomic E-state index is 0.0715. The number of aromatic nitrogens is 2. The van der Waals surface area contributed by atoms with Crippen LogP contribution in [0.3, 0.4) is 0 Å². The van der Waals surface area contributed by atoms with Crippen LogP contribution in [0.15, 0.2) is 60.8 Å². The number of carbonyl (C=O) groups excluding carboxylic acids is 1. The van der Waals surface area contributed by atoms with E-state index >= 15 is 0 Å². The highest BCUT2D eigenvalue weighted by Gasteiger charge is 2.34. The number of benzene rings is 2. The molecule has 1 heterocycles. The molecule has 1 amide bonds. The topological polar surface area (TPSA) is 38.1 Å². The van der Waals surface area contributed by atoms with Crippen LogP contribution in [-0.2, 0) is 12.7 Å². The zero-order valence-electron chi connectivity index (χ0n) is 15.2. The summed E-state index contributed by atoms with van der Waals surface area (Å²) in [5, 5.41) is 3.52. The fraction of sp³-hybridized carbons (Fsp3) is 0.238. The average Bonchev–Trinajstić information content (AvgIpc) is 3.40. The van der Waals surface area contributed by atoms with Gasteiger partial charge in [0.05, 0.1) is 5.69 Å². The molecule has 8 heteroatoms. The van der Waals surface area contributed by atoms with Gasteiger partial charge in [0.15, 0.2) is 5.69 Å². The Labute approximate surface area is 164 Å². The van der Waals surface area contributed by atoms with E-state index in [0.29, 0.717) is 16.8 Å². The molecule has 0 unspecified atom stereocenters. The highest BCUT2D eigenvalue weighted by atomic mass is 19.4. The molecule has 2 aromatic carbocycles. The Balaban J connectivity index is 1.53. The van der Waals surface area contributed by atoms with Crippen molar-refractivity contribution >= 4 is 5.91 Å². The Bertz CT molecular complexity index is 1020. The molecule has 0 radical (unpaired) electrons. The number of alkyl halides is 3. The Morgan fingerprint density at radius 3 is 2.34 bits per heavy atom. The third-order valence-electron chi connectivity index (χ3n) is 4.81. The van der Waals surface area contributed by atoms with Crippen molar-refractivity contribution in [2.75, 3.05) is 0 Å². The number of halogens is 4. The quantitative estimate of drug-likeness (QED) is 0.572. The standard InChI is InChI=1S/C21H17F4N3O/c22-18-4-2-1-3-15(18)13-27(16-9-10-16)20(29)14-5-7-17(8-6-14)28-12-11-19(26-28)21(23,24)25/h1-8,11-12,16H,9-10,13H2. The molecule has 0 atom stereocenters. The second kappa shape index (κ2) is 7.35. The molecule has 1 fully saturated rings. The van der Waals surface area contributed by atoms with Crippen molar-refractivity contribution < 1.29 is 22.4 Å². The minimum atomic E-state index is -4.52. The summed E-state index contributed by atoms with van der Waals surface area (Å²) >= 11 is 0. The number of amides is 1. The molecule has 0 spiro atoms.